The second-order valence-electron chi connectivity index (χ2n) is 5.69. The number of rotatable bonds is 5. The summed E-state index contributed by atoms with van der Waals surface area (Å²) < 4.78 is 1.84. The van der Waals surface area contributed by atoms with Gasteiger partial charge in [-0.15, -0.1) is 11.3 Å². The molecule has 1 aromatic heterocycles. The second-order valence-corrected chi connectivity index (χ2v) is 7.67. The quantitative estimate of drug-likeness (QED) is 0.590. The van der Waals surface area contributed by atoms with Crippen molar-refractivity contribution in [2.24, 2.45) is 0 Å². The normalized spacial score (nSPS) is 14.9. The number of nitrogens with one attached hydrogen (secondary N) is 1. The van der Waals surface area contributed by atoms with Gasteiger partial charge in [-0.05, 0) is 36.8 Å². The van der Waals surface area contributed by atoms with Gasteiger partial charge in [-0.3, -0.25) is 4.79 Å². The molecule has 3 aromatic rings. The molecule has 0 saturated heterocycles. The van der Waals surface area contributed by atoms with E-state index >= 15 is 0 Å². The van der Waals surface area contributed by atoms with E-state index in [4.69, 9.17) is 0 Å². The van der Waals surface area contributed by atoms with Crippen molar-refractivity contribution in [3.05, 3.63) is 63.6 Å². The maximum atomic E-state index is 12.3. The minimum atomic E-state index is -1.58. The van der Waals surface area contributed by atoms with Crippen molar-refractivity contribution in [1.82, 2.24) is 10.3 Å². The minimum Gasteiger partial charge on any atom is -0.383 e. The first-order valence-electron chi connectivity index (χ1n) is 7.73. The minimum absolute atomic E-state index is 0.294. The molecule has 0 saturated carbocycles. The Hall–Kier alpha value is -1.80. The van der Waals surface area contributed by atoms with Gasteiger partial charge in [0.15, 0.2) is 6.10 Å². The van der Waals surface area contributed by atoms with Crippen molar-refractivity contribution in [3.8, 4) is 0 Å². The van der Waals surface area contributed by atoms with Gasteiger partial charge in [0.1, 0.15) is 11.1 Å². The first-order chi connectivity index (χ1) is 12.0. The predicted octanol–water partition coefficient (Wildman–Crippen LogP) is 3.33. The summed E-state index contributed by atoms with van der Waals surface area (Å²) in [4.78, 5) is 16.6. The van der Waals surface area contributed by atoms with E-state index in [1.54, 1.807) is 0 Å². The Kier molecular flexibility index (Phi) is 5.48. The maximum Gasteiger partial charge on any atom is 0.252 e. The molecule has 0 aliphatic rings. The highest BCUT2D eigenvalue weighted by molar-refractivity contribution is 9.10. The number of carbonyl (C=O) groups excluding carboxylic acids is 1. The monoisotopic (exact) mass is 420 g/mol. The predicted molar refractivity (Wildman–Crippen MR) is 101 cm³/mol. The number of nitrogens with zero attached hydrogens (tertiary/aromatic N) is 1. The number of benzene rings is 2. The highest BCUT2D eigenvalue weighted by Gasteiger charge is 2.29. The Morgan fingerprint density at radius 3 is 2.52 bits per heavy atom. The van der Waals surface area contributed by atoms with Crippen molar-refractivity contribution in [3.63, 3.8) is 0 Å². The van der Waals surface area contributed by atoms with Crippen molar-refractivity contribution in [2.75, 3.05) is 0 Å². The number of fused-ring (bicyclic) bond motifs is 1. The number of aliphatic hydroxyl groups excluding tert-OH is 2. The first-order valence-corrected chi connectivity index (χ1v) is 9.34. The van der Waals surface area contributed by atoms with E-state index in [2.05, 4.69) is 26.2 Å². The zero-order valence-corrected chi connectivity index (χ0v) is 15.8. The van der Waals surface area contributed by atoms with Crippen LogP contribution in [0.25, 0.3) is 10.2 Å². The van der Waals surface area contributed by atoms with Crippen molar-refractivity contribution < 1.29 is 15.0 Å². The number of halogens is 1. The highest BCUT2D eigenvalue weighted by atomic mass is 79.9. The summed E-state index contributed by atoms with van der Waals surface area (Å²) in [6.07, 6.45) is -2.95. The van der Waals surface area contributed by atoms with E-state index in [1.807, 2.05) is 55.5 Å². The van der Waals surface area contributed by atoms with Gasteiger partial charge < -0.3 is 15.5 Å². The second kappa shape index (κ2) is 7.61. The third-order valence-corrected chi connectivity index (χ3v) is 5.50. The molecule has 1 heterocycles. The van der Waals surface area contributed by atoms with Gasteiger partial charge >= 0.3 is 0 Å². The van der Waals surface area contributed by atoms with Crippen molar-refractivity contribution in [1.29, 1.82) is 0 Å². The fraction of sp³-hybridized carbons (Fsp3) is 0.222. The van der Waals surface area contributed by atoms with Crippen LogP contribution in [0, 0.1) is 0 Å². The molecule has 3 unspecified atom stereocenters. The van der Waals surface area contributed by atoms with Crippen LogP contribution in [0.3, 0.4) is 0 Å². The molecule has 0 bridgehead atoms. The molecule has 130 valence electrons. The molecule has 0 fully saturated rings. The average molecular weight is 421 g/mol. The zero-order valence-electron chi connectivity index (χ0n) is 13.4. The SMILES string of the molecule is CC(NC(=O)C(O)C(O)c1nc2ccccc2s1)c1ccc(Br)cc1. The lowest BCUT2D eigenvalue weighted by Gasteiger charge is -2.19. The topological polar surface area (TPSA) is 82.5 Å². The smallest absolute Gasteiger partial charge is 0.252 e. The van der Waals surface area contributed by atoms with Crippen LogP contribution >= 0.6 is 27.3 Å². The van der Waals surface area contributed by atoms with E-state index < -0.39 is 18.1 Å². The molecule has 5 nitrogen and oxygen atoms in total. The number of carbonyl (C=O) groups is 1. The highest BCUT2D eigenvalue weighted by Crippen LogP contribution is 2.28. The van der Waals surface area contributed by atoms with E-state index in [0.29, 0.717) is 5.01 Å². The van der Waals surface area contributed by atoms with E-state index in [0.717, 1.165) is 20.3 Å². The number of thiazole rings is 1. The fourth-order valence-corrected chi connectivity index (χ4v) is 3.68. The van der Waals surface area contributed by atoms with Crippen LogP contribution in [0.5, 0.6) is 0 Å². The van der Waals surface area contributed by atoms with Crippen LogP contribution in [0.2, 0.25) is 0 Å². The largest absolute Gasteiger partial charge is 0.383 e. The molecule has 3 rings (SSSR count). The molecule has 2 aromatic carbocycles. The van der Waals surface area contributed by atoms with Gasteiger partial charge in [0.05, 0.1) is 16.3 Å². The van der Waals surface area contributed by atoms with Gasteiger partial charge in [0.25, 0.3) is 5.91 Å². The number of aromatic nitrogens is 1. The molecule has 7 heteroatoms. The van der Waals surface area contributed by atoms with Crippen LogP contribution in [0.4, 0.5) is 0 Å². The van der Waals surface area contributed by atoms with E-state index in [9.17, 15) is 15.0 Å². The summed E-state index contributed by atoms with van der Waals surface area (Å²) in [5, 5.41) is 23.5. The van der Waals surface area contributed by atoms with Gasteiger partial charge in [0, 0.05) is 4.47 Å². The van der Waals surface area contributed by atoms with E-state index in [1.165, 1.54) is 11.3 Å². The molecule has 3 N–H and O–H groups in total. The third kappa shape index (κ3) is 4.07. The number of hydrogen-bond donors (Lipinski definition) is 3. The average Bonchev–Trinajstić information content (AvgIpc) is 3.05. The van der Waals surface area contributed by atoms with E-state index in [-0.39, 0.29) is 6.04 Å². The molecule has 0 radical (unpaired) electrons. The Balaban J connectivity index is 1.69. The molecular weight excluding hydrogens is 404 g/mol. The van der Waals surface area contributed by atoms with Crippen molar-refractivity contribution in [2.45, 2.75) is 25.2 Å². The van der Waals surface area contributed by atoms with Gasteiger partial charge in [-0.2, -0.15) is 0 Å². The fourth-order valence-electron chi connectivity index (χ4n) is 2.43. The number of para-hydroxylation sites is 1. The van der Waals surface area contributed by atoms with Gasteiger partial charge in [-0.25, -0.2) is 4.98 Å². The Morgan fingerprint density at radius 1 is 1.16 bits per heavy atom. The molecule has 0 aliphatic heterocycles. The number of hydrogen-bond acceptors (Lipinski definition) is 5. The van der Waals surface area contributed by atoms with Crippen LogP contribution in [-0.2, 0) is 4.79 Å². The Morgan fingerprint density at radius 2 is 1.84 bits per heavy atom. The summed E-state index contributed by atoms with van der Waals surface area (Å²) in [5.41, 5.74) is 1.63. The van der Waals surface area contributed by atoms with Crippen LogP contribution in [-0.4, -0.2) is 27.2 Å². The molecular formula is C18H17BrN2O3S. The Labute approximate surface area is 157 Å². The van der Waals surface area contributed by atoms with Crippen LogP contribution < -0.4 is 5.32 Å². The summed E-state index contributed by atoms with van der Waals surface area (Å²) in [6.45, 7) is 1.82. The summed E-state index contributed by atoms with van der Waals surface area (Å²) >= 11 is 4.62. The number of amides is 1. The third-order valence-electron chi connectivity index (χ3n) is 3.86. The molecule has 0 spiro atoms. The summed E-state index contributed by atoms with van der Waals surface area (Å²) in [7, 11) is 0. The maximum absolute atomic E-state index is 12.3. The lowest BCUT2D eigenvalue weighted by Crippen LogP contribution is -2.39. The molecule has 1 amide bonds. The summed E-state index contributed by atoms with van der Waals surface area (Å²) in [5.74, 6) is -0.637. The number of aliphatic hydroxyl groups is 2. The zero-order chi connectivity index (χ0) is 18.0. The molecule has 25 heavy (non-hydrogen) atoms. The van der Waals surface area contributed by atoms with Crippen LogP contribution in [0.1, 0.15) is 29.6 Å². The lowest BCUT2D eigenvalue weighted by atomic mass is 10.1. The Bertz CT molecular complexity index is 848. The lowest BCUT2D eigenvalue weighted by molar-refractivity contribution is -0.136. The van der Waals surface area contributed by atoms with Gasteiger partial charge in [0.2, 0.25) is 0 Å². The summed E-state index contributed by atoms with van der Waals surface area (Å²) in [6, 6.07) is 14.7. The van der Waals surface area contributed by atoms with Crippen molar-refractivity contribution >= 4 is 43.4 Å². The molecule has 3 atom stereocenters. The first kappa shape index (κ1) is 18.0. The molecule has 0 aliphatic carbocycles. The standard InChI is InChI=1S/C18H17BrN2O3S/c1-10(11-6-8-12(19)9-7-11)20-17(24)15(22)16(23)18-21-13-4-2-3-5-14(13)25-18/h2-10,15-16,22-23H,1H3,(H,20,24). The van der Waals surface area contributed by atoms with Gasteiger partial charge in [-0.1, -0.05) is 40.2 Å². The van der Waals surface area contributed by atoms with Crippen LogP contribution in [0.15, 0.2) is 53.0 Å².